The minimum atomic E-state index is -4.51. The topological polar surface area (TPSA) is 105 Å². The van der Waals surface area contributed by atoms with Crippen LogP contribution in [0.25, 0.3) is 21.8 Å². The van der Waals surface area contributed by atoms with Crippen molar-refractivity contribution >= 4 is 39.2 Å². The van der Waals surface area contributed by atoms with Crippen molar-refractivity contribution < 1.29 is 22.7 Å². The highest BCUT2D eigenvalue weighted by Gasteiger charge is 2.31. The van der Waals surface area contributed by atoms with Crippen LogP contribution >= 0.6 is 0 Å². The van der Waals surface area contributed by atoms with Crippen LogP contribution in [0.4, 0.5) is 24.7 Å². The summed E-state index contributed by atoms with van der Waals surface area (Å²) in [6, 6.07) is 8.86. The van der Waals surface area contributed by atoms with Gasteiger partial charge in [-0.2, -0.15) is 18.3 Å². The summed E-state index contributed by atoms with van der Waals surface area (Å²) in [5.74, 6) is 0.629. The number of carbonyl (C=O) groups excluding carboxylic acids is 1. The number of ether oxygens (including phenoxy) is 1. The van der Waals surface area contributed by atoms with Crippen LogP contribution in [0, 0.1) is 0 Å². The fraction of sp³-hybridized carbons (Fsp3) is 0.259. The number of anilines is 2. The van der Waals surface area contributed by atoms with Gasteiger partial charge in [-0.15, -0.1) is 0 Å². The Morgan fingerprint density at radius 2 is 2.03 bits per heavy atom. The molecule has 4 aromatic rings. The molecule has 11 heteroatoms. The lowest BCUT2D eigenvalue weighted by molar-refractivity contribution is -0.137. The number of amides is 1. The maximum atomic E-state index is 13.5. The van der Waals surface area contributed by atoms with Crippen molar-refractivity contribution in [3.8, 4) is 0 Å². The number of hydrogen-bond acceptors (Lipinski definition) is 6. The lowest BCUT2D eigenvalue weighted by Gasteiger charge is -2.19. The molecule has 3 N–H and O–H groups in total. The Hall–Kier alpha value is -4.41. The van der Waals surface area contributed by atoms with Gasteiger partial charge in [0.25, 0.3) is 5.91 Å². The lowest BCUT2D eigenvalue weighted by Crippen LogP contribution is -2.33. The van der Waals surface area contributed by atoms with E-state index in [1.807, 2.05) is 38.1 Å². The molecule has 1 amide bonds. The number of aromatic nitrogens is 4. The Morgan fingerprint density at radius 1 is 1.18 bits per heavy atom. The zero-order valence-electron chi connectivity index (χ0n) is 20.6. The second-order valence-electron chi connectivity index (χ2n) is 9.28. The van der Waals surface area contributed by atoms with Gasteiger partial charge in [-0.1, -0.05) is 6.08 Å². The van der Waals surface area contributed by atoms with E-state index in [4.69, 9.17) is 4.74 Å². The van der Waals surface area contributed by atoms with Crippen molar-refractivity contribution in [2.24, 2.45) is 0 Å². The average Bonchev–Trinajstić information content (AvgIpc) is 3.34. The summed E-state index contributed by atoms with van der Waals surface area (Å²) >= 11 is 0. The number of allylic oxidation sites excluding steroid dienone is 3. The van der Waals surface area contributed by atoms with Crippen molar-refractivity contribution in [2.75, 3.05) is 11.9 Å². The first-order chi connectivity index (χ1) is 18.2. The third-order valence-corrected chi connectivity index (χ3v) is 5.93. The predicted octanol–water partition coefficient (Wildman–Crippen LogP) is 5.74. The minimum absolute atomic E-state index is 0.00118. The monoisotopic (exact) mass is 522 g/mol. The molecule has 0 radical (unpaired) electrons. The third kappa shape index (κ3) is 5.61. The molecule has 1 unspecified atom stereocenters. The SMILES string of the molecule is CC(C)NC(=O)COC1=CC(c2nc(Nc3ccc4[nH]ncc4c3)c3cc(C(F)(F)F)ccc3n2)CC=C1. The van der Waals surface area contributed by atoms with Gasteiger partial charge in [-0.25, -0.2) is 9.97 Å². The number of hydrogen-bond donors (Lipinski definition) is 3. The predicted molar refractivity (Wildman–Crippen MR) is 138 cm³/mol. The Bertz CT molecular complexity index is 1560. The molecule has 0 bridgehead atoms. The van der Waals surface area contributed by atoms with Gasteiger partial charge in [0.2, 0.25) is 0 Å². The molecule has 2 aromatic heterocycles. The molecule has 5 rings (SSSR count). The van der Waals surface area contributed by atoms with E-state index >= 15 is 0 Å². The maximum Gasteiger partial charge on any atom is 0.416 e. The Labute approximate surface area is 216 Å². The number of carbonyl (C=O) groups is 1. The first-order valence-electron chi connectivity index (χ1n) is 12.1. The zero-order chi connectivity index (χ0) is 26.9. The number of alkyl halides is 3. The third-order valence-electron chi connectivity index (χ3n) is 5.93. The Kier molecular flexibility index (Phi) is 6.75. The molecule has 2 heterocycles. The van der Waals surface area contributed by atoms with Gasteiger partial charge < -0.3 is 15.4 Å². The molecule has 1 aliphatic rings. The van der Waals surface area contributed by atoms with E-state index in [9.17, 15) is 18.0 Å². The highest BCUT2D eigenvalue weighted by atomic mass is 19.4. The van der Waals surface area contributed by atoms with Crippen molar-refractivity contribution in [1.29, 1.82) is 0 Å². The number of aromatic amines is 1. The van der Waals surface area contributed by atoms with E-state index in [2.05, 4.69) is 30.8 Å². The van der Waals surface area contributed by atoms with Crippen molar-refractivity contribution in [2.45, 2.75) is 38.4 Å². The molecule has 0 saturated heterocycles. The van der Waals surface area contributed by atoms with Gasteiger partial charge in [0.05, 0.1) is 22.8 Å². The van der Waals surface area contributed by atoms with Crippen LogP contribution in [0.5, 0.6) is 0 Å². The van der Waals surface area contributed by atoms with Crippen LogP contribution in [-0.4, -0.2) is 38.7 Å². The Balaban J connectivity index is 1.50. The number of nitrogens with zero attached hydrogens (tertiary/aromatic N) is 3. The molecular weight excluding hydrogens is 497 g/mol. The molecule has 0 aliphatic heterocycles. The van der Waals surface area contributed by atoms with Crippen LogP contribution < -0.4 is 10.6 Å². The molecule has 2 aromatic carbocycles. The second-order valence-corrected chi connectivity index (χ2v) is 9.28. The van der Waals surface area contributed by atoms with Gasteiger partial charge in [0.15, 0.2) is 6.61 Å². The quantitative estimate of drug-likeness (QED) is 0.286. The molecule has 196 valence electrons. The fourth-order valence-electron chi connectivity index (χ4n) is 4.18. The number of halogens is 3. The number of H-pyrrole nitrogens is 1. The van der Waals surface area contributed by atoms with Crippen LogP contribution in [0.2, 0.25) is 0 Å². The average molecular weight is 523 g/mol. The molecule has 1 aliphatic carbocycles. The number of fused-ring (bicyclic) bond motifs is 2. The summed E-state index contributed by atoms with van der Waals surface area (Å²) in [5.41, 5.74) is 1.06. The fourth-order valence-corrected chi connectivity index (χ4v) is 4.18. The van der Waals surface area contributed by atoms with Gasteiger partial charge >= 0.3 is 6.18 Å². The van der Waals surface area contributed by atoms with Crippen molar-refractivity contribution in [3.63, 3.8) is 0 Å². The van der Waals surface area contributed by atoms with Gasteiger partial charge in [-0.3, -0.25) is 9.89 Å². The number of nitrogens with one attached hydrogen (secondary N) is 3. The van der Waals surface area contributed by atoms with Gasteiger partial charge in [0.1, 0.15) is 17.4 Å². The van der Waals surface area contributed by atoms with Crippen LogP contribution in [0.1, 0.15) is 37.6 Å². The molecular formula is C27H25F3N6O2. The van der Waals surface area contributed by atoms with Crippen molar-refractivity contribution in [3.05, 3.63) is 78.0 Å². The first kappa shape index (κ1) is 25.2. The summed E-state index contributed by atoms with van der Waals surface area (Å²) in [7, 11) is 0. The van der Waals surface area contributed by atoms with E-state index in [0.29, 0.717) is 29.2 Å². The van der Waals surface area contributed by atoms with Crippen LogP contribution in [-0.2, 0) is 15.7 Å². The summed E-state index contributed by atoms with van der Waals surface area (Å²) < 4.78 is 46.1. The standard InChI is InChI=1S/C27H25F3N6O2/c1-15(2)32-24(37)14-38-20-5-3-4-16(11-20)25-34-23-8-6-18(27(28,29)30)12-21(23)26(35-25)33-19-7-9-22-17(10-19)13-31-36-22/h3,5-13,15-16H,4,14H2,1-2H3,(H,31,36)(H,32,37)(H,33,34,35). The molecule has 38 heavy (non-hydrogen) atoms. The van der Waals surface area contributed by atoms with Crippen LogP contribution in [0.3, 0.4) is 0 Å². The second kappa shape index (κ2) is 10.2. The molecule has 8 nitrogen and oxygen atoms in total. The molecule has 0 fully saturated rings. The molecule has 1 atom stereocenters. The summed E-state index contributed by atoms with van der Waals surface area (Å²) in [6.07, 6.45) is 3.20. The summed E-state index contributed by atoms with van der Waals surface area (Å²) in [5, 5.41) is 13.9. The zero-order valence-corrected chi connectivity index (χ0v) is 20.6. The van der Waals surface area contributed by atoms with Crippen molar-refractivity contribution in [1.82, 2.24) is 25.5 Å². The van der Waals surface area contributed by atoms with Gasteiger partial charge in [0, 0.05) is 28.4 Å². The smallest absolute Gasteiger partial charge is 0.416 e. The van der Waals surface area contributed by atoms with E-state index in [-0.39, 0.29) is 35.7 Å². The molecule has 0 saturated carbocycles. The van der Waals surface area contributed by atoms with Crippen LogP contribution in [0.15, 0.2) is 66.6 Å². The highest BCUT2D eigenvalue weighted by Crippen LogP contribution is 2.35. The summed E-state index contributed by atoms with van der Waals surface area (Å²) in [4.78, 5) is 21.2. The largest absolute Gasteiger partial charge is 0.484 e. The van der Waals surface area contributed by atoms with Gasteiger partial charge in [-0.05, 0) is 68.8 Å². The first-order valence-corrected chi connectivity index (χ1v) is 12.1. The number of benzene rings is 2. The number of rotatable bonds is 7. The van der Waals surface area contributed by atoms with E-state index in [1.54, 1.807) is 18.3 Å². The normalized spacial score (nSPS) is 15.6. The highest BCUT2D eigenvalue weighted by molar-refractivity contribution is 5.92. The summed E-state index contributed by atoms with van der Waals surface area (Å²) in [6.45, 7) is 3.59. The maximum absolute atomic E-state index is 13.5. The Morgan fingerprint density at radius 3 is 2.82 bits per heavy atom. The van der Waals surface area contributed by atoms with E-state index in [0.717, 1.165) is 23.0 Å². The van der Waals surface area contributed by atoms with E-state index in [1.165, 1.54) is 6.07 Å². The molecule has 0 spiro atoms. The van der Waals surface area contributed by atoms with E-state index < -0.39 is 11.7 Å². The minimum Gasteiger partial charge on any atom is -0.484 e. The lowest BCUT2D eigenvalue weighted by atomic mass is 9.98.